The molecule has 1 aromatic carbocycles. The SMILES string of the molecule is O=C1C(=Cc2n[nH]c3ncccc23)Oc2c(CN3CCNCC3)cccc21. The molecule has 0 spiro atoms. The lowest BCUT2D eigenvalue weighted by Crippen LogP contribution is -2.42. The van der Waals surface area contributed by atoms with E-state index >= 15 is 0 Å². The van der Waals surface area contributed by atoms with Crippen molar-refractivity contribution >= 4 is 22.9 Å². The van der Waals surface area contributed by atoms with Gasteiger partial charge in [0.2, 0.25) is 5.78 Å². The van der Waals surface area contributed by atoms with Crippen LogP contribution in [0.25, 0.3) is 17.1 Å². The number of piperazine rings is 1. The Morgan fingerprint density at radius 1 is 1.19 bits per heavy atom. The van der Waals surface area contributed by atoms with Gasteiger partial charge in [0.05, 0.1) is 11.3 Å². The van der Waals surface area contributed by atoms with Crippen LogP contribution in [-0.4, -0.2) is 52.0 Å². The summed E-state index contributed by atoms with van der Waals surface area (Å²) in [7, 11) is 0. The summed E-state index contributed by atoms with van der Waals surface area (Å²) in [5.74, 6) is 0.868. The third kappa shape index (κ3) is 2.90. The molecular weight excluding hydrogens is 342 g/mol. The Bertz CT molecular complexity index is 1050. The largest absolute Gasteiger partial charge is 0.452 e. The Morgan fingerprint density at radius 2 is 2.07 bits per heavy atom. The molecule has 136 valence electrons. The topological polar surface area (TPSA) is 83.1 Å². The third-order valence-electron chi connectivity index (χ3n) is 5.01. The van der Waals surface area contributed by atoms with Crippen LogP contribution in [0.5, 0.6) is 5.75 Å². The number of pyridine rings is 1. The number of hydrogen-bond donors (Lipinski definition) is 2. The number of carbonyl (C=O) groups excluding carboxylic acids is 1. The highest BCUT2D eigenvalue weighted by molar-refractivity contribution is 6.15. The van der Waals surface area contributed by atoms with Gasteiger partial charge in [0, 0.05) is 55.9 Å². The highest BCUT2D eigenvalue weighted by atomic mass is 16.5. The van der Waals surface area contributed by atoms with Crippen molar-refractivity contribution in [1.82, 2.24) is 25.4 Å². The predicted octanol–water partition coefficient (Wildman–Crippen LogP) is 1.98. The molecule has 0 atom stereocenters. The van der Waals surface area contributed by atoms with E-state index in [0.717, 1.165) is 43.7 Å². The smallest absolute Gasteiger partial charge is 0.232 e. The van der Waals surface area contributed by atoms with Gasteiger partial charge in [-0.1, -0.05) is 12.1 Å². The first kappa shape index (κ1) is 16.2. The normalized spacial score (nSPS) is 18.8. The molecule has 5 rings (SSSR count). The molecule has 0 saturated carbocycles. The molecule has 7 heteroatoms. The second-order valence-electron chi connectivity index (χ2n) is 6.77. The first-order chi connectivity index (χ1) is 13.3. The fourth-order valence-corrected chi connectivity index (χ4v) is 3.61. The maximum absolute atomic E-state index is 12.8. The average Bonchev–Trinajstić information content (AvgIpc) is 3.26. The number of rotatable bonds is 3. The number of H-pyrrole nitrogens is 1. The van der Waals surface area contributed by atoms with E-state index in [-0.39, 0.29) is 5.78 Å². The third-order valence-corrected chi connectivity index (χ3v) is 5.01. The van der Waals surface area contributed by atoms with Crippen molar-refractivity contribution in [3.8, 4) is 5.75 Å². The van der Waals surface area contributed by atoms with Crippen LogP contribution in [0, 0.1) is 0 Å². The Labute approximate surface area is 156 Å². The van der Waals surface area contributed by atoms with E-state index in [9.17, 15) is 4.79 Å². The van der Waals surface area contributed by atoms with Crippen LogP contribution in [0.1, 0.15) is 21.6 Å². The zero-order valence-electron chi connectivity index (χ0n) is 14.7. The summed E-state index contributed by atoms with van der Waals surface area (Å²) in [4.78, 5) is 19.4. The number of nitrogens with zero attached hydrogens (tertiary/aromatic N) is 3. The predicted molar refractivity (Wildman–Crippen MR) is 101 cm³/mol. The van der Waals surface area contributed by atoms with Crippen LogP contribution in [0.2, 0.25) is 0 Å². The van der Waals surface area contributed by atoms with Crippen molar-refractivity contribution < 1.29 is 9.53 Å². The molecule has 1 saturated heterocycles. The van der Waals surface area contributed by atoms with E-state index in [0.29, 0.717) is 28.4 Å². The number of ether oxygens (including phenoxy) is 1. The van der Waals surface area contributed by atoms with E-state index in [4.69, 9.17) is 4.74 Å². The van der Waals surface area contributed by atoms with Crippen LogP contribution in [-0.2, 0) is 6.54 Å². The minimum Gasteiger partial charge on any atom is -0.452 e. The standard InChI is InChI=1S/C20H19N5O2/c26-18-15-4-1-3-13(12-25-9-7-21-8-10-25)19(15)27-17(18)11-16-14-5-2-6-22-20(14)24-23-16/h1-6,11,21H,7-10,12H2,(H,22,23,24). The lowest BCUT2D eigenvalue weighted by molar-refractivity contribution is 0.101. The highest BCUT2D eigenvalue weighted by Crippen LogP contribution is 2.36. The summed E-state index contributed by atoms with van der Waals surface area (Å²) < 4.78 is 6.01. The number of nitrogens with one attached hydrogen (secondary N) is 2. The van der Waals surface area contributed by atoms with Gasteiger partial charge in [-0.2, -0.15) is 5.10 Å². The number of fused-ring (bicyclic) bond motifs is 2. The van der Waals surface area contributed by atoms with E-state index in [1.54, 1.807) is 12.3 Å². The maximum atomic E-state index is 12.8. The lowest BCUT2D eigenvalue weighted by Gasteiger charge is -2.27. The van der Waals surface area contributed by atoms with Crippen molar-refractivity contribution in [2.45, 2.75) is 6.54 Å². The molecule has 4 heterocycles. The van der Waals surface area contributed by atoms with E-state index in [2.05, 4.69) is 25.4 Å². The monoisotopic (exact) mass is 361 g/mol. The van der Waals surface area contributed by atoms with E-state index < -0.39 is 0 Å². The number of aromatic amines is 1. The van der Waals surface area contributed by atoms with Crippen molar-refractivity contribution in [1.29, 1.82) is 0 Å². The van der Waals surface area contributed by atoms with Crippen molar-refractivity contribution in [2.24, 2.45) is 0 Å². The summed E-state index contributed by atoms with van der Waals surface area (Å²) in [6.45, 7) is 4.74. The molecule has 0 radical (unpaired) electrons. The molecule has 27 heavy (non-hydrogen) atoms. The second kappa shape index (κ2) is 6.61. The molecule has 2 N–H and O–H groups in total. The zero-order chi connectivity index (χ0) is 18.2. The zero-order valence-corrected chi connectivity index (χ0v) is 14.7. The minimum atomic E-state index is -0.104. The van der Waals surface area contributed by atoms with Gasteiger partial charge in [-0.25, -0.2) is 4.98 Å². The van der Waals surface area contributed by atoms with Gasteiger partial charge < -0.3 is 10.1 Å². The number of hydrogen-bond acceptors (Lipinski definition) is 6. The number of ketones is 1. The number of Topliss-reactive ketones (excluding diaryl/α,β-unsaturated/α-hetero) is 1. The fraction of sp³-hybridized carbons (Fsp3) is 0.250. The first-order valence-corrected chi connectivity index (χ1v) is 9.08. The van der Waals surface area contributed by atoms with Crippen LogP contribution in [0.3, 0.4) is 0 Å². The number of benzene rings is 1. The molecule has 2 aliphatic heterocycles. The molecule has 7 nitrogen and oxygen atoms in total. The summed E-state index contributed by atoms with van der Waals surface area (Å²) in [5.41, 5.74) is 3.00. The lowest BCUT2D eigenvalue weighted by atomic mass is 10.1. The summed E-state index contributed by atoms with van der Waals surface area (Å²) in [6.07, 6.45) is 3.39. The van der Waals surface area contributed by atoms with Gasteiger partial charge in [0.25, 0.3) is 0 Å². The van der Waals surface area contributed by atoms with Crippen LogP contribution in [0.4, 0.5) is 0 Å². The van der Waals surface area contributed by atoms with Crippen LogP contribution >= 0.6 is 0 Å². The van der Waals surface area contributed by atoms with Gasteiger partial charge in [-0.3, -0.25) is 14.8 Å². The summed E-state index contributed by atoms with van der Waals surface area (Å²) in [6, 6.07) is 9.54. The van der Waals surface area contributed by atoms with Gasteiger partial charge in [-0.05, 0) is 18.2 Å². The fourth-order valence-electron chi connectivity index (χ4n) is 3.61. The van der Waals surface area contributed by atoms with Crippen molar-refractivity contribution in [3.63, 3.8) is 0 Å². The Kier molecular flexibility index (Phi) is 3.95. The number of carbonyl (C=O) groups is 1. The van der Waals surface area contributed by atoms with Gasteiger partial charge in [-0.15, -0.1) is 0 Å². The number of allylic oxidation sites excluding steroid dienone is 1. The quantitative estimate of drug-likeness (QED) is 0.694. The molecule has 2 aliphatic rings. The highest BCUT2D eigenvalue weighted by Gasteiger charge is 2.30. The number of para-hydroxylation sites is 1. The molecule has 3 aromatic rings. The summed E-state index contributed by atoms with van der Waals surface area (Å²) >= 11 is 0. The van der Waals surface area contributed by atoms with Crippen molar-refractivity contribution in [2.75, 3.05) is 26.2 Å². The first-order valence-electron chi connectivity index (χ1n) is 9.08. The molecule has 0 amide bonds. The molecule has 2 aromatic heterocycles. The molecule has 1 fully saturated rings. The maximum Gasteiger partial charge on any atom is 0.232 e. The minimum absolute atomic E-state index is 0.104. The summed E-state index contributed by atoms with van der Waals surface area (Å²) in [5, 5.41) is 11.4. The van der Waals surface area contributed by atoms with Crippen molar-refractivity contribution in [3.05, 3.63) is 59.1 Å². The van der Waals surface area contributed by atoms with Gasteiger partial charge in [0.15, 0.2) is 11.4 Å². The van der Waals surface area contributed by atoms with Crippen LogP contribution in [0.15, 0.2) is 42.3 Å². The van der Waals surface area contributed by atoms with Gasteiger partial charge in [0.1, 0.15) is 5.75 Å². The molecule has 0 unspecified atom stereocenters. The van der Waals surface area contributed by atoms with E-state index in [1.807, 2.05) is 30.3 Å². The molecular formula is C20H19N5O2. The Morgan fingerprint density at radius 3 is 2.96 bits per heavy atom. The second-order valence-corrected chi connectivity index (χ2v) is 6.77. The Balaban J connectivity index is 1.47. The van der Waals surface area contributed by atoms with E-state index in [1.165, 1.54) is 0 Å². The average molecular weight is 361 g/mol. The number of aromatic nitrogens is 3. The molecule has 0 aliphatic carbocycles. The van der Waals surface area contributed by atoms with Crippen LogP contribution < -0.4 is 10.1 Å². The Hall–Kier alpha value is -3.03. The molecule has 0 bridgehead atoms. The van der Waals surface area contributed by atoms with Gasteiger partial charge >= 0.3 is 0 Å².